The molecule has 1 aromatic rings. The maximum absolute atomic E-state index is 13.2. The molecule has 21 heavy (non-hydrogen) atoms. The van der Waals surface area contributed by atoms with Gasteiger partial charge >= 0.3 is 5.97 Å². The summed E-state index contributed by atoms with van der Waals surface area (Å²) >= 11 is 0. The summed E-state index contributed by atoms with van der Waals surface area (Å²) in [5.41, 5.74) is 0.672. The first kappa shape index (κ1) is 15.5. The quantitative estimate of drug-likeness (QED) is 0.897. The molecule has 0 radical (unpaired) electrons. The van der Waals surface area contributed by atoms with Gasteiger partial charge in [-0.2, -0.15) is 0 Å². The van der Waals surface area contributed by atoms with Crippen LogP contribution in [0.3, 0.4) is 0 Å². The first-order chi connectivity index (χ1) is 9.99. The summed E-state index contributed by atoms with van der Waals surface area (Å²) in [6, 6.07) is 5.71. The van der Waals surface area contributed by atoms with E-state index in [-0.39, 0.29) is 17.8 Å². The highest BCUT2D eigenvalue weighted by molar-refractivity contribution is 5.85. The second kappa shape index (κ2) is 6.70. The van der Waals surface area contributed by atoms with Crippen LogP contribution in [0.15, 0.2) is 24.3 Å². The molecular weight excluding hydrogens is 273 g/mol. The van der Waals surface area contributed by atoms with Crippen molar-refractivity contribution in [2.24, 2.45) is 11.8 Å². The number of carbonyl (C=O) groups is 2. The van der Waals surface area contributed by atoms with Gasteiger partial charge in [0.15, 0.2) is 0 Å². The number of halogens is 1. The van der Waals surface area contributed by atoms with Gasteiger partial charge in [-0.15, -0.1) is 0 Å². The number of hydrogen-bond donors (Lipinski definition) is 2. The molecule has 2 N–H and O–H groups in total. The molecule has 1 fully saturated rings. The molecule has 2 rings (SSSR count). The van der Waals surface area contributed by atoms with E-state index in [0.29, 0.717) is 18.4 Å². The molecule has 2 unspecified atom stereocenters. The van der Waals surface area contributed by atoms with E-state index in [4.69, 9.17) is 0 Å². The van der Waals surface area contributed by atoms with Crippen LogP contribution >= 0.6 is 0 Å². The average molecular weight is 293 g/mol. The van der Waals surface area contributed by atoms with Crippen LogP contribution in [0.1, 0.15) is 44.2 Å². The number of carboxylic acids is 1. The van der Waals surface area contributed by atoms with Crippen molar-refractivity contribution in [3.63, 3.8) is 0 Å². The summed E-state index contributed by atoms with van der Waals surface area (Å²) in [6.07, 6.45) is 2.86. The van der Waals surface area contributed by atoms with Crippen LogP contribution in [0.2, 0.25) is 0 Å². The number of nitrogens with one attached hydrogen (secondary N) is 1. The third-order valence-corrected chi connectivity index (χ3v) is 4.13. The topological polar surface area (TPSA) is 66.4 Å². The highest BCUT2D eigenvalue weighted by Gasteiger charge is 2.36. The predicted octanol–water partition coefficient (Wildman–Crippen LogP) is 2.89. The van der Waals surface area contributed by atoms with E-state index in [1.807, 2.05) is 0 Å². The number of aliphatic carboxylic acids is 1. The molecule has 0 aromatic heterocycles. The number of rotatable bonds is 4. The molecule has 1 aliphatic carbocycles. The third kappa shape index (κ3) is 3.80. The second-order valence-corrected chi connectivity index (χ2v) is 5.62. The Morgan fingerprint density at radius 2 is 1.95 bits per heavy atom. The lowest BCUT2D eigenvalue weighted by Gasteiger charge is -2.28. The lowest BCUT2D eigenvalue weighted by Crippen LogP contribution is -2.40. The number of carboxylic acid groups (broad SMARTS) is 1. The lowest BCUT2D eigenvalue weighted by atomic mass is 9.78. The molecule has 1 amide bonds. The van der Waals surface area contributed by atoms with Crippen molar-refractivity contribution in [2.75, 3.05) is 0 Å². The van der Waals surface area contributed by atoms with Gasteiger partial charge in [0.05, 0.1) is 17.9 Å². The number of amides is 1. The summed E-state index contributed by atoms with van der Waals surface area (Å²) in [5, 5.41) is 12.0. The Bertz CT molecular complexity index is 532. The van der Waals surface area contributed by atoms with Gasteiger partial charge in [0, 0.05) is 0 Å². The van der Waals surface area contributed by atoms with Crippen molar-refractivity contribution < 1.29 is 19.1 Å². The van der Waals surface area contributed by atoms with E-state index in [1.54, 1.807) is 19.1 Å². The van der Waals surface area contributed by atoms with E-state index < -0.39 is 17.8 Å². The van der Waals surface area contributed by atoms with Crippen LogP contribution in [-0.2, 0) is 9.59 Å². The van der Waals surface area contributed by atoms with Crippen molar-refractivity contribution in [3.05, 3.63) is 35.6 Å². The van der Waals surface area contributed by atoms with Gasteiger partial charge in [0.25, 0.3) is 0 Å². The minimum Gasteiger partial charge on any atom is -0.481 e. The molecule has 1 aliphatic rings. The molecule has 0 heterocycles. The Labute approximate surface area is 123 Å². The Hall–Kier alpha value is -1.91. The van der Waals surface area contributed by atoms with Gasteiger partial charge in [-0.1, -0.05) is 25.0 Å². The summed E-state index contributed by atoms with van der Waals surface area (Å²) < 4.78 is 13.2. The van der Waals surface area contributed by atoms with Crippen molar-refractivity contribution in [3.8, 4) is 0 Å². The Kier molecular flexibility index (Phi) is 4.94. The molecular formula is C16H20FNO3. The first-order valence-corrected chi connectivity index (χ1v) is 7.27. The smallest absolute Gasteiger partial charge is 0.307 e. The van der Waals surface area contributed by atoms with Crippen molar-refractivity contribution in [1.29, 1.82) is 0 Å². The second-order valence-electron chi connectivity index (χ2n) is 5.62. The monoisotopic (exact) mass is 293 g/mol. The highest BCUT2D eigenvalue weighted by Crippen LogP contribution is 2.31. The maximum atomic E-state index is 13.2. The zero-order chi connectivity index (χ0) is 15.4. The fourth-order valence-electron chi connectivity index (χ4n) is 2.92. The SMILES string of the molecule is C[C@H](NC(=O)C1CCCCC1C(=O)O)c1cccc(F)c1. The van der Waals surface area contributed by atoms with Crippen molar-refractivity contribution in [2.45, 2.75) is 38.6 Å². The molecule has 114 valence electrons. The molecule has 3 atom stereocenters. The zero-order valence-electron chi connectivity index (χ0n) is 12.0. The normalized spacial score (nSPS) is 23.3. The molecule has 4 nitrogen and oxygen atoms in total. The fourth-order valence-corrected chi connectivity index (χ4v) is 2.92. The first-order valence-electron chi connectivity index (χ1n) is 7.27. The van der Waals surface area contributed by atoms with E-state index in [9.17, 15) is 19.1 Å². The van der Waals surface area contributed by atoms with Crippen LogP contribution < -0.4 is 5.32 Å². The van der Waals surface area contributed by atoms with Crippen LogP contribution in [0.4, 0.5) is 4.39 Å². The Balaban J connectivity index is 2.04. The lowest BCUT2D eigenvalue weighted by molar-refractivity contribution is -0.149. The fraction of sp³-hybridized carbons (Fsp3) is 0.500. The van der Waals surface area contributed by atoms with Crippen molar-refractivity contribution in [1.82, 2.24) is 5.32 Å². The predicted molar refractivity (Wildman–Crippen MR) is 76.0 cm³/mol. The summed E-state index contributed by atoms with van der Waals surface area (Å²) in [4.78, 5) is 23.6. The van der Waals surface area contributed by atoms with E-state index in [0.717, 1.165) is 12.8 Å². The standard InChI is InChI=1S/C16H20FNO3/c1-10(11-5-4-6-12(17)9-11)18-15(19)13-7-2-3-8-14(13)16(20)21/h4-6,9-10,13-14H,2-3,7-8H2,1H3,(H,18,19)(H,20,21)/t10-,13?,14?/m0/s1. The maximum Gasteiger partial charge on any atom is 0.307 e. The van der Waals surface area contributed by atoms with E-state index >= 15 is 0 Å². The van der Waals surface area contributed by atoms with Crippen molar-refractivity contribution >= 4 is 11.9 Å². The van der Waals surface area contributed by atoms with Crippen LogP contribution in [0.25, 0.3) is 0 Å². The molecule has 1 aromatic carbocycles. The summed E-state index contributed by atoms with van der Waals surface area (Å²) in [5.74, 6) is -2.62. The van der Waals surface area contributed by atoms with Gasteiger partial charge in [0.1, 0.15) is 5.82 Å². The van der Waals surface area contributed by atoms with Crippen LogP contribution in [-0.4, -0.2) is 17.0 Å². The molecule has 0 bridgehead atoms. The Morgan fingerprint density at radius 1 is 1.29 bits per heavy atom. The Morgan fingerprint density at radius 3 is 2.57 bits per heavy atom. The molecule has 1 saturated carbocycles. The highest BCUT2D eigenvalue weighted by atomic mass is 19.1. The van der Waals surface area contributed by atoms with Crippen LogP contribution in [0, 0.1) is 17.7 Å². The summed E-state index contributed by atoms with van der Waals surface area (Å²) in [7, 11) is 0. The molecule has 5 heteroatoms. The minimum atomic E-state index is -0.909. The largest absolute Gasteiger partial charge is 0.481 e. The van der Waals surface area contributed by atoms with Gasteiger partial charge in [-0.3, -0.25) is 9.59 Å². The van der Waals surface area contributed by atoms with Gasteiger partial charge < -0.3 is 10.4 Å². The van der Waals surface area contributed by atoms with E-state index in [2.05, 4.69) is 5.32 Å². The number of carbonyl (C=O) groups excluding carboxylic acids is 1. The van der Waals surface area contributed by atoms with Gasteiger partial charge in [-0.05, 0) is 37.5 Å². The van der Waals surface area contributed by atoms with Gasteiger partial charge in [0.2, 0.25) is 5.91 Å². The number of benzene rings is 1. The third-order valence-electron chi connectivity index (χ3n) is 4.13. The van der Waals surface area contributed by atoms with Crippen LogP contribution in [0.5, 0.6) is 0 Å². The minimum absolute atomic E-state index is 0.251. The van der Waals surface area contributed by atoms with E-state index in [1.165, 1.54) is 12.1 Å². The van der Waals surface area contributed by atoms with Gasteiger partial charge in [-0.25, -0.2) is 4.39 Å². The average Bonchev–Trinajstić information content (AvgIpc) is 2.47. The molecule has 0 aliphatic heterocycles. The molecule has 0 saturated heterocycles. The molecule has 0 spiro atoms. The summed E-state index contributed by atoms with van der Waals surface area (Å²) in [6.45, 7) is 1.77. The zero-order valence-corrected chi connectivity index (χ0v) is 12.0. The number of hydrogen-bond acceptors (Lipinski definition) is 2.